The van der Waals surface area contributed by atoms with E-state index in [0.717, 1.165) is 12.8 Å². The third kappa shape index (κ3) is 19.4. The largest absolute Gasteiger partial charge is 3.00 e. The molecule has 0 aliphatic heterocycles. The maximum atomic E-state index is 8.75. The Morgan fingerprint density at radius 1 is 1.29 bits per heavy atom. The van der Waals surface area contributed by atoms with Gasteiger partial charge in [0, 0.05) is 6.61 Å². The van der Waals surface area contributed by atoms with Crippen molar-refractivity contribution in [3.8, 4) is 0 Å². The van der Waals surface area contributed by atoms with Gasteiger partial charge in [0.05, 0.1) is 0 Å². The van der Waals surface area contributed by atoms with E-state index in [0.29, 0.717) is 12.5 Å². The normalized spacial score (nSPS) is 12.4. The molecule has 0 heterocycles. The summed E-state index contributed by atoms with van der Waals surface area (Å²) in [4.78, 5) is 0. The maximum absolute atomic E-state index is 8.75. The Labute approximate surface area is 138 Å². The monoisotopic (exact) mass is 355 g/mol. The minimum Gasteiger partial charge on any atom is -1.00 e. The van der Waals surface area contributed by atoms with Crippen molar-refractivity contribution in [3.05, 3.63) is 24.3 Å². The van der Waals surface area contributed by atoms with Crippen molar-refractivity contribution in [1.29, 1.82) is 0 Å². The molecule has 1 atom stereocenters. The first-order chi connectivity index (χ1) is 6.85. The molecule has 0 aromatic carbocycles. The molecule has 1 radical (unpaired) electrons. The molecular weight excluding hydrogens is 334 g/mol. The molecule has 1 aliphatic rings. The Morgan fingerprint density at radius 2 is 1.94 bits per heavy atom. The van der Waals surface area contributed by atoms with Gasteiger partial charge in [-0.2, -0.15) is 6.08 Å². The summed E-state index contributed by atoms with van der Waals surface area (Å²) in [5.41, 5.74) is 0. The van der Waals surface area contributed by atoms with Gasteiger partial charge in [0.15, 0.2) is 0 Å². The van der Waals surface area contributed by atoms with Gasteiger partial charge in [-0.3, -0.25) is 6.08 Å². The summed E-state index contributed by atoms with van der Waals surface area (Å²) in [5.74, 6) is 0.560. The van der Waals surface area contributed by atoms with Gasteiger partial charge in [0.2, 0.25) is 0 Å². The first-order valence-corrected chi connectivity index (χ1v) is 5.67. The van der Waals surface area contributed by atoms with Crippen LogP contribution < -0.4 is 24.8 Å². The van der Waals surface area contributed by atoms with Crippen LogP contribution in [0, 0.1) is 12.0 Å². The van der Waals surface area contributed by atoms with Crippen molar-refractivity contribution in [2.24, 2.45) is 5.92 Å². The van der Waals surface area contributed by atoms with Gasteiger partial charge in [0.25, 0.3) is 0 Å². The number of halogens is 2. The zero-order valence-electron chi connectivity index (χ0n) is 10.8. The number of rotatable bonds is 5. The van der Waals surface area contributed by atoms with E-state index in [1.807, 2.05) is 12.2 Å². The summed E-state index contributed by atoms with van der Waals surface area (Å²) in [6.07, 6.45) is 14.8. The van der Waals surface area contributed by atoms with Crippen LogP contribution in [0.2, 0.25) is 0 Å². The first-order valence-electron chi connectivity index (χ1n) is 5.67. The second-order valence-electron chi connectivity index (χ2n) is 3.60. The number of unbranched alkanes of at least 4 members (excludes halogenated alkanes) is 1. The zero-order valence-corrected chi connectivity index (χ0v) is 14.7. The fourth-order valence-corrected chi connectivity index (χ4v) is 1.26. The topological polar surface area (TPSA) is 20.2 Å². The van der Waals surface area contributed by atoms with Crippen molar-refractivity contribution in [2.45, 2.75) is 46.0 Å². The predicted octanol–water partition coefficient (Wildman–Crippen LogP) is -2.49. The van der Waals surface area contributed by atoms with Crippen molar-refractivity contribution in [3.63, 3.8) is 0 Å². The summed E-state index contributed by atoms with van der Waals surface area (Å²) in [6.45, 7) is 4.69. The standard InChI is InChI=1S/C8H18O.C5H5.2ClH.Zr/c1-3-5-6-8(4-2)7-9;1-2-4-5-3-1;;;/h8-9H,3-7H2,1-2H3;1-3H,4H2;2*1H;/q;-1;;;+3/p-2. The van der Waals surface area contributed by atoms with E-state index in [1.54, 1.807) is 0 Å². The van der Waals surface area contributed by atoms with Gasteiger partial charge in [-0.15, -0.1) is 6.42 Å². The molecule has 1 rings (SSSR count). The van der Waals surface area contributed by atoms with Crippen LogP contribution in [0.3, 0.4) is 0 Å². The van der Waals surface area contributed by atoms with Crippen LogP contribution in [-0.2, 0) is 26.2 Å². The number of allylic oxidation sites excluding steroid dienone is 4. The van der Waals surface area contributed by atoms with E-state index < -0.39 is 0 Å². The fraction of sp³-hybridized carbons (Fsp3) is 0.692. The van der Waals surface area contributed by atoms with Crippen LogP contribution in [0.15, 0.2) is 18.2 Å². The Balaban J connectivity index is -0.0000000921. The molecule has 1 N–H and O–H groups in total. The summed E-state index contributed by atoms with van der Waals surface area (Å²) in [6, 6.07) is 0. The van der Waals surface area contributed by atoms with Gasteiger partial charge < -0.3 is 29.9 Å². The molecule has 1 unspecified atom stereocenters. The quantitative estimate of drug-likeness (QED) is 0.540. The minimum atomic E-state index is 0. The van der Waals surface area contributed by atoms with E-state index in [9.17, 15) is 0 Å². The Kier molecular flexibility index (Phi) is 34.4. The maximum Gasteiger partial charge on any atom is 3.00 e. The van der Waals surface area contributed by atoms with Crippen molar-refractivity contribution in [2.75, 3.05) is 6.61 Å². The summed E-state index contributed by atoms with van der Waals surface area (Å²) in [7, 11) is 0. The van der Waals surface area contributed by atoms with E-state index in [4.69, 9.17) is 5.11 Å². The molecule has 0 aromatic heterocycles. The van der Waals surface area contributed by atoms with Crippen LogP contribution in [0.1, 0.15) is 46.0 Å². The van der Waals surface area contributed by atoms with Gasteiger partial charge >= 0.3 is 26.2 Å². The Hall–Kier alpha value is 0.903. The zero-order chi connectivity index (χ0) is 10.6. The van der Waals surface area contributed by atoms with E-state index >= 15 is 0 Å². The SMILES string of the molecule is CCCCC(CC)CO.[C-]1=CC=CC1.[Cl-].[Cl-].[Zr+3]. The molecular formula is C13H23Cl2OZr. The minimum absolute atomic E-state index is 0. The molecule has 0 bridgehead atoms. The second-order valence-corrected chi connectivity index (χ2v) is 3.60. The predicted molar refractivity (Wildman–Crippen MR) is 62.0 cm³/mol. The third-order valence-corrected chi connectivity index (χ3v) is 2.39. The molecule has 0 aromatic rings. The van der Waals surface area contributed by atoms with Gasteiger partial charge in [-0.25, -0.2) is 12.2 Å². The van der Waals surface area contributed by atoms with E-state index in [-0.39, 0.29) is 51.0 Å². The van der Waals surface area contributed by atoms with Crippen LogP contribution in [0.25, 0.3) is 0 Å². The average Bonchev–Trinajstić information content (AvgIpc) is 2.78. The van der Waals surface area contributed by atoms with Gasteiger partial charge in [-0.1, -0.05) is 33.1 Å². The molecule has 0 spiro atoms. The summed E-state index contributed by atoms with van der Waals surface area (Å²) in [5, 5.41) is 8.75. The number of hydrogen-bond donors (Lipinski definition) is 1. The smallest absolute Gasteiger partial charge is 1.00 e. The summed E-state index contributed by atoms with van der Waals surface area (Å²) >= 11 is 0. The van der Waals surface area contributed by atoms with E-state index in [2.05, 4.69) is 26.0 Å². The molecule has 0 saturated heterocycles. The number of aliphatic hydroxyl groups excluding tert-OH is 1. The third-order valence-electron chi connectivity index (χ3n) is 2.39. The first kappa shape index (κ1) is 26.5. The Morgan fingerprint density at radius 3 is 2.18 bits per heavy atom. The molecule has 1 aliphatic carbocycles. The van der Waals surface area contributed by atoms with Crippen LogP contribution in [0.4, 0.5) is 0 Å². The fourth-order valence-electron chi connectivity index (χ4n) is 1.26. The number of aliphatic hydroxyl groups is 1. The van der Waals surface area contributed by atoms with E-state index in [1.165, 1.54) is 19.3 Å². The Bertz CT molecular complexity index is 159. The molecule has 0 saturated carbocycles. The van der Waals surface area contributed by atoms with Crippen molar-refractivity contribution >= 4 is 0 Å². The van der Waals surface area contributed by atoms with Crippen molar-refractivity contribution < 1.29 is 56.1 Å². The van der Waals surface area contributed by atoms with Crippen LogP contribution >= 0.6 is 0 Å². The molecule has 0 fully saturated rings. The molecule has 17 heavy (non-hydrogen) atoms. The van der Waals surface area contributed by atoms with Crippen LogP contribution in [-0.4, -0.2) is 11.7 Å². The van der Waals surface area contributed by atoms with Crippen molar-refractivity contribution in [1.82, 2.24) is 0 Å². The molecule has 4 heteroatoms. The summed E-state index contributed by atoms with van der Waals surface area (Å²) < 4.78 is 0. The van der Waals surface area contributed by atoms with Gasteiger partial charge in [0.1, 0.15) is 0 Å². The molecule has 0 amide bonds. The van der Waals surface area contributed by atoms with Gasteiger partial charge in [-0.05, 0) is 12.3 Å². The molecule has 99 valence electrons. The number of hydrogen-bond acceptors (Lipinski definition) is 1. The average molecular weight is 357 g/mol. The van der Waals surface area contributed by atoms with Crippen LogP contribution in [0.5, 0.6) is 0 Å². The molecule has 1 nitrogen and oxygen atoms in total. The second kappa shape index (κ2) is 22.1.